The van der Waals surface area contributed by atoms with Gasteiger partial charge in [0, 0.05) is 60.3 Å². The Bertz CT molecular complexity index is 1590. The van der Waals surface area contributed by atoms with E-state index >= 15 is 0 Å². The van der Waals surface area contributed by atoms with E-state index in [4.69, 9.17) is 15.5 Å². The molecule has 1 aromatic carbocycles. The van der Waals surface area contributed by atoms with Gasteiger partial charge in [-0.3, -0.25) is 0 Å². The number of ether oxygens (including phenoxy) is 1. The number of nitrogens with two attached hydrogens (primary N) is 1. The number of aromatic nitrogens is 3. The molecule has 0 amide bonds. The van der Waals surface area contributed by atoms with Crippen molar-refractivity contribution in [2.24, 2.45) is 5.41 Å². The summed E-state index contributed by atoms with van der Waals surface area (Å²) in [6, 6.07) is 7.81. The maximum absolute atomic E-state index is 13.6. The summed E-state index contributed by atoms with van der Waals surface area (Å²) in [7, 11) is -3.76. The molecule has 40 heavy (non-hydrogen) atoms. The minimum atomic E-state index is -3.76. The van der Waals surface area contributed by atoms with E-state index < -0.39 is 10.0 Å². The molecule has 4 aliphatic rings. The number of rotatable bonds is 4. The third-order valence-electron chi connectivity index (χ3n) is 8.85. The predicted octanol–water partition coefficient (Wildman–Crippen LogP) is 2.77. The van der Waals surface area contributed by atoms with Gasteiger partial charge in [-0.25, -0.2) is 23.4 Å². The van der Waals surface area contributed by atoms with Crippen LogP contribution < -0.4 is 20.7 Å². The minimum absolute atomic E-state index is 0.0280. The summed E-state index contributed by atoms with van der Waals surface area (Å²) in [4.78, 5) is 16.0. The summed E-state index contributed by atoms with van der Waals surface area (Å²) >= 11 is 0. The summed E-state index contributed by atoms with van der Waals surface area (Å²) in [6.07, 6.45) is 7.20. The van der Waals surface area contributed by atoms with E-state index in [0.29, 0.717) is 38.3 Å². The lowest BCUT2D eigenvalue weighted by molar-refractivity contribution is 0.310. The second-order valence-electron chi connectivity index (χ2n) is 12.2. The average molecular weight is 562 g/mol. The number of sulfonamides is 1. The first kappa shape index (κ1) is 25.7. The Morgan fingerprint density at radius 2 is 2.02 bits per heavy atom. The predicted molar refractivity (Wildman–Crippen MR) is 153 cm³/mol. The van der Waals surface area contributed by atoms with Gasteiger partial charge < -0.3 is 20.7 Å². The van der Waals surface area contributed by atoms with Crippen LogP contribution in [0.25, 0.3) is 11.1 Å². The zero-order valence-electron chi connectivity index (χ0n) is 22.9. The van der Waals surface area contributed by atoms with E-state index in [-0.39, 0.29) is 28.2 Å². The van der Waals surface area contributed by atoms with Crippen molar-refractivity contribution in [1.82, 2.24) is 24.6 Å². The Balaban J connectivity index is 1.21. The number of aryl methyl sites for hydroxylation is 1. The van der Waals surface area contributed by atoms with E-state index in [1.807, 2.05) is 12.1 Å². The smallest absolute Gasteiger partial charge is 0.247 e. The molecule has 0 radical (unpaired) electrons. The van der Waals surface area contributed by atoms with Crippen LogP contribution in [0, 0.1) is 5.41 Å². The van der Waals surface area contributed by atoms with Crippen molar-refractivity contribution >= 4 is 21.7 Å². The Hall–Kier alpha value is -3.28. The van der Waals surface area contributed by atoms with E-state index in [9.17, 15) is 8.42 Å². The van der Waals surface area contributed by atoms with Crippen molar-refractivity contribution in [2.45, 2.75) is 63.1 Å². The Labute approximate surface area is 235 Å². The molecular formula is C29H35N7O3S. The lowest BCUT2D eigenvalue weighted by Gasteiger charge is -2.33. The molecule has 3 aliphatic heterocycles. The molecule has 0 spiro atoms. The van der Waals surface area contributed by atoms with Crippen molar-refractivity contribution < 1.29 is 13.2 Å². The number of benzene rings is 1. The molecule has 1 aliphatic carbocycles. The number of nitrogen functional groups attached to an aromatic ring is 1. The van der Waals surface area contributed by atoms with Crippen LogP contribution in [-0.4, -0.2) is 66.0 Å². The molecule has 7 rings (SSSR count). The molecule has 10 nitrogen and oxygen atoms in total. The van der Waals surface area contributed by atoms with Crippen molar-refractivity contribution in [2.75, 3.05) is 36.9 Å². The van der Waals surface area contributed by atoms with Crippen LogP contribution in [0.5, 0.6) is 5.75 Å². The number of nitrogens with zero attached hydrogens (tertiary/aromatic N) is 5. The van der Waals surface area contributed by atoms with Crippen LogP contribution in [0.1, 0.15) is 43.5 Å². The molecule has 2 fully saturated rings. The van der Waals surface area contributed by atoms with Crippen LogP contribution in [0.15, 0.2) is 41.7 Å². The van der Waals surface area contributed by atoms with E-state index in [0.717, 1.165) is 54.1 Å². The number of fused-ring (bicyclic) bond motifs is 4. The molecule has 2 aromatic heterocycles. The topological polar surface area (TPSA) is 127 Å². The van der Waals surface area contributed by atoms with Crippen molar-refractivity contribution in [3.05, 3.63) is 53.6 Å². The molecule has 5 heterocycles. The molecule has 0 saturated carbocycles. The van der Waals surface area contributed by atoms with Crippen molar-refractivity contribution in [1.29, 1.82) is 0 Å². The van der Waals surface area contributed by atoms with Crippen LogP contribution in [0.3, 0.4) is 0 Å². The van der Waals surface area contributed by atoms with Gasteiger partial charge in [-0.2, -0.15) is 4.31 Å². The number of anilines is 2. The summed E-state index contributed by atoms with van der Waals surface area (Å²) in [5.41, 5.74) is 11.3. The first-order chi connectivity index (χ1) is 19.2. The number of pyridine rings is 1. The number of piperazine rings is 1. The third kappa shape index (κ3) is 4.40. The first-order valence-electron chi connectivity index (χ1n) is 14.0. The fourth-order valence-electron chi connectivity index (χ4n) is 6.65. The van der Waals surface area contributed by atoms with Gasteiger partial charge >= 0.3 is 0 Å². The zero-order chi connectivity index (χ0) is 27.6. The highest BCUT2D eigenvalue weighted by Gasteiger charge is 2.45. The highest BCUT2D eigenvalue weighted by Crippen LogP contribution is 2.39. The maximum atomic E-state index is 13.6. The van der Waals surface area contributed by atoms with Gasteiger partial charge in [-0.15, -0.1) is 0 Å². The third-order valence-corrected chi connectivity index (χ3v) is 10.8. The lowest BCUT2D eigenvalue weighted by atomic mass is 9.76. The number of nitrogens with one attached hydrogen (secondary N) is 1. The van der Waals surface area contributed by atoms with Gasteiger partial charge in [0.15, 0.2) is 0 Å². The highest BCUT2D eigenvalue weighted by molar-refractivity contribution is 7.89. The zero-order valence-corrected chi connectivity index (χ0v) is 23.7. The monoisotopic (exact) mass is 561 g/mol. The highest BCUT2D eigenvalue weighted by atomic mass is 32.2. The molecule has 2 bridgehead atoms. The molecule has 3 aromatic rings. The van der Waals surface area contributed by atoms with E-state index in [1.54, 1.807) is 22.9 Å². The van der Waals surface area contributed by atoms with Crippen LogP contribution in [0.4, 0.5) is 11.6 Å². The lowest BCUT2D eigenvalue weighted by Crippen LogP contribution is -2.46. The molecule has 0 unspecified atom stereocenters. The fourth-order valence-corrected chi connectivity index (χ4v) is 8.42. The second kappa shape index (κ2) is 9.39. The van der Waals surface area contributed by atoms with Gasteiger partial charge in [0.05, 0.1) is 6.54 Å². The Morgan fingerprint density at radius 1 is 1.15 bits per heavy atom. The normalized spacial score (nSPS) is 23.8. The molecular weight excluding hydrogens is 526 g/mol. The van der Waals surface area contributed by atoms with Gasteiger partial charge in [-0.1, -0.05) is 19.9 Å². The molecule has 11 heteroatoms. The summed E-state index contributed by atoms with van der Waals surface area (Å²) in [6.45, 7) is 7.64. The fraction of sp³-hybridized carbons (Fsp3) is 0.483. The average Bonchev–Trinajstić information content (AvgIpc) is 3.51. The van der Waals surface area contributed by atoms with Gasteiger partial charge in [-0.05, 0) is 54.9 Å². The summed E-state index contributed by atoms with van der Waals surface area (Å²) < 4.78 is 34.9. The number of hydrogen-bond donors (Lipinski definition) is 2. The quantitative estimate of drug-likeness (QED) is 0.494. The van der Waals surface area contributed by atoms with Crippen LogP contribution >= 0.6 is 0 Å². The molecule has 2 saturated heterocycles. The molecule has 210 valence electrons. The molecule has 3 N–H and O–H groups in total. The molecule has 2 atom stereocenters. The second-order valence-corrected chi connectivity index (χ2v) is 14.1. The minimum Gasteiger partial charge on any atom is -0.491 e. The van der Waals surface area contributed by atoms with Gasteiger partial charge in [0.25, 0.3) is 0 Å². The Morgan fingerprint density at radius 3 is 2.83 bits per heavy atom. The van der Waals surface area contributed by atoms with Gasteiger partial charge in [0.1, 0.15) is 35.2 Å². The largest absolute Gasteiger partial charge is 0.491 e. The number of hydrogen-bond acceptors (Lipinski definition) is 9. The maximum Gasteiger partial charge on any atom is 0.247 e. The van der Waals surface area contributed by atoms with Gasteiger partial charge in [0.2, 0.25) is 10.0 Å². The van der Waals surface area contributed by atoms with Crippen molar-refractivity contribution in [3.8, 4) is 16.9 Å². The first-order valence-corrected chi connectivity index (χ1v) is 15.5. The van der Waals surface area contributed by atoms with Crippen molar-refractivity contribution in [3.63, 3.8) is 0 Å². The summed E-state index contributed by atoms with van der Waals surface area (Å²) in [5, 5.41) is 3.35. The standard InChI is InChI=1S/C29H35N7O3S/c1-29(2)6-5-24-23(12-29)28(34-17-33-24)35-7-8-39-25-4-3-18(9-20(25)15-35)19-10-26(27(30)32-13-19)40(37,38)36-16-21-11-22(36)14-31-21/h3-4,9-10,13,17,21-22,31H,5-8,11-12,14-16H2,1-2H3,(H2,30,32)/t21-,22-/m1/s1. The van der Waals surface area contributed by atoms with Crippen LogP contribution in [-0.2, 0) is 29.4 Å². The Kier molecular flexibility index (Phi) is 6.03. The summed E-state index contributed by atoms with van der Waals surface area (Å²) in [5.74, 6) is 1.84. The van der Waals surface area contributed by atoms with E-state index in [2.05, 4.69) is 40.1 Å². The van der Waals surface area contributed by atoms with Crippen LogP contribution in [0.2, 0.25) is 0 Å². The van der Waals surface area contributed by atoms with E-state index in [1.165, 1.54) is 5.56 Å². The SMILES string of the molecule is CC1(C)CCc2ncnc(N3CCOc4ccc(-c5cnc(N)c(S(=O)(=O)N6C[C@H]7C[C@@H]6CN7)c5)cc4C3)c2C1.